The largest absolute Gasteiger partial charge is 0.444 e. The van der Waals surface area contributed by atoms with E-state index in [9.17, 15) is 14.4 Å². The van der Waals surface area contributed by atoms with E-state index in [1.807, 2.05) is 74.2 Å². The number of benzene rings is 2. The van der Waals surface area contributed by atoms with Gasteiger partial charge in [0.1, 0.15) is 11.6 Å². The maximum atomic E-state index is 14.1. The van der Waals surface area contributed by atoms with Gasteiger partial charge in [0.25, 0.3) is 0 Å². The summed E-state index contributed by atoms with van der Waals surface area (Å²) in [6, 6.07) is 19.0. The molecule has 2 aliphatic rings. The molecule has 7 nitrogen and oxygen atoms in total. The quantitative estimate of drug-likeness (QED) is 0.379. The van der Waals surface area contributed by atoms with Crippen LogP contribution in [0, 0.1) is 11.8 Å². The van der Waals surface area contributed by atoms with Crippen LogP contribution < -0.4 is 5.32 Å². The molecule has 2 fully saturated rings. The molecule has 2 amide bonds. The van der Waals surface area contributed by atoms with Crippen LogP contribution in [0.3, 0.4) is 0 Å². The Balaban J connectivity index is 1.29. The van der Waals surface area contributed by atoms with Gasteiger partial charge in [0.15, 0.2) is 5.78 Å². The summed E-state index contributed by atoms with van der Waals surface area (Å²) in [6.07, 6.45) is 5.34. The van der Waals surface area contributed by atoms with Crippen LogP contribution in [0.1, 0.15) is 74.7 Å². The number of Topliss-reactive ketones (excluding diaryl/α,β-unsaturated/α-hetero) is 1. The molecule has 3 aromatic rings. The molecule has 1 aromatic heterocycles. The highest BCUT2D eigenvalue weighted by Crippen LogP contribution is 2.39. The molecule has 2 aromatic carbocycles. The molecule has 0 spiro atoms. The van der Waals surface area contributed by atoms with E-state index in [-0.39, 0.29) is 23.5 Å². The highest BCUT2D eigenvalue weighted by atomic mass is 16.6. The highest BCUT2D eigenvalue weighted by molar-refractivity contribution is 6.05. The van der Waals surface area contributed by atoms with Gasteiger partial charge < -0.3 is 15.0 Å². The van der Waals surface area contributed by atoms with E-state index < -0.39 is 17.7 Å². The molecular weight excluding hydrogens is 502 g/mol. The summed E-state index contributed by atoms with van der Waals surface area (Å²) in [6.45, 7) is 6.66. The number of aromatic nitrogens is 1. The first-order valence-corrected chi connectivity index (χ1v) is 14.4. The molecule has 2 heterocycles. The van der Waals surface area contributed by atoms with Crippen molar-refractivity contribution in [3.63, 3.8) is 0 Å². The van der Waals surface area contributed by atoms with Crippen molar-refractivity contribution in [1.82, 2.24) is 15.2 Å². The van der Waals surface area contributed by atoms with Gasteiger partial charge in [0.05, 0.1) is 5.52 Å². The van der Waals surface area contributed by atoms with E-state index in [0.29, 0.717) is 24.6 Å². The van der Waals surface area contributed by atoms with E-state index in [2.05, 4.69) is 22.4 Å². The van der Waals surface area contributed by atoms with Gasteiger partial charge in [-0.05, 0) is 88.6 Å². The van der Waals surface area contributed by atoms with Gasteiger partial charge >= 0.3 is 6.09 Å². The average molecular weight is 542 g/mol. The number of alkyl carbamates (subject to hydrolysis) is 1. The van der Waals surface area contributed by atoms with Gasteiger partial charge in [-0.15, -0.1) is 0 Å². The fourth-order valence-corrected chi connectivity index (χ4v) is 6.20. The summed E-state index contributed by atoms with van der Waals surface area (Å²) in [4.78, 5) is 46.3. The molecule has 40 heavy (non-hydrogen) atoms. The van der Waals surface area contributed by atoms with Crippen molar-refractivity contribution in [3.05, 3.63) is 78.0 Å². The van der Waals surface area contributed by atoms with E-state index >= 15 is 0 Å². The van der Waals surface area contributed by atoms with Crippen LogP contribution in [0.25, 0.3) is 10.9 Å². The number of pyridine rings is 1. The number of fused-ring (bicyclic) bond motifs is 1. The SMILES string of the molecule is CC(C)(C)OC(=O)NCC1CCC(C(=O)N2CC[C@H](c3ccccc3)[C@@H]2C(=O)c2ccc3ncccc3c2)CC1. The number of nitrogens with one attached hydrogen (secondary N) is 1. The number of carbonyl (C=O) groups is 3. The Morgan fingerprint density at radius 1 is 0.950 bits per heavy atom. The molecule has 1 aliphatic carbocycles. The van der Waals surface area contributed by atoms with Crippen molar-refractivity contribution in [2.75, 3.05) is 13.1 Å². The monoisotopic (exact) mass is 541 g/mol. The van der Waals surface area contributed by atoms with Crippen molar-refractivity contribution in [1.29, 1.82) is 0 Å². The second kappa shape index (κ2) is 11.8. The smallest absolute Gasteiger partial charge is 0.407 e. The normalized spacial score (nSPS) is 23.1. The Hall–Kier alpha value is -3.74. The predicted octanol–water partition coefficient (Wildman–Crippen LogP) is 6.13. The molecule has 1 saturated carbocycles. The fourth-order valence-electron chi connectivity index (χ4n) is 6.20. The third-order valence-corrected chi connectivity index (χ3v) is 8.19. The Labute approximate surface area is 236 Å². The molecule has 1 aliphatic heterocycles. The predicted molar refractivity (Wildman–Crippen MR) is 155 cm³/mol. The number of likely N-dealkylation sites (tertiary alicyclic amines) is 1. The number of ketones is 1. The van der Waals surface area contributed by atoms with E-state index in [0.717, 1.165) is 48.6 Å². The zero-order valence-electron chi connectivity index (χ0n) is 23.6. The van der Waals surface area contributed by atoms with Crippen LogP contribution in [0.15, 0.2) is 66.9 Å². The van der Waals surface area contributed by atoms with Crippen LogP contribution in [0.4, 0.5) is 4.79 Å². The molecular formula is C33H39N3O4. The average Bonchev–Trinajstić information content (AvgIpc) is 3.40. The first-order chi connectivity index (χ1) is 19.2. The van der Waals surface area contributed by atoms with Crippen LogP contribution in [0.5, 0.6) is 0 Å². The minimum atomic E-state index is -0.532. The van der Waals surface area contributed by atoms with Crippen molar-refractivity contribution in [3.8, 4) is 0 Å². The Bertz CT molecular complexity index is 1360. The van der Waals surface area contributed by atoms with Crippen LogP contribution in [-0.2, 0) is 9.53 Å². The molecule has 0 unspecified atom stereocenters. The number of rotatable bonds is 6. The van der Waals surface area contributed by atoms with Crippen molar-refractivity contribution >= 4 is 28.7 Å². The Kier molecular flexibility index (Phi) is 8.19. The first kappa shape index (κ1) is 27.8. The van der Waals surface area contributed by atoms with E-state index in [1.54, 1.807) is 6.20 Å². The summed E-state index contributed by atoms with van der Waals surface area (Å²) in [5.41, 5.74) is 2.02. The Morgan fingerprint density at radius 2 is 1.70 bits per heavy atom. The first-order valence-electron chi connectivity index (χ1n) is 14.4. The molecule has 0 bridgehead atoms. The zero-order chi connectivity index (χ0) is 28.3. The van der Waals surface area contributed by atoms with Gasteiger partial charge in [-0.2, -0.15) is 0 Å². The summed E-state index contributed by atoms with van der Waals surface area (Å²) < 4.78 is 5.35. The van der Waals surface area contributed by atoms with Crippen LogP contribution in [-0.4, -0.2) is 52.4 Å². The summed E-state index contributed by atoms with van der Waals surface area (Å²) >= 11 is 0. The number of amides is 2. The maximum absolute atomic E-state index is 14.1. The minimum absolute atomic E-state index is 0.0132. The molecule has 1 N–H and O–H groups in total. The van der Waals surface area contributed by atoms with E-state index in [4.69, 9.17) is 4.74 Å². The topological polar surface area (TPSA) is 88.6 Å². The maximum Gasteiger partial charge on any atom is 0.407 e. The van der Waals surface area contributed by atoms with Gasteiger partial charge in [-0.25, -0.2) is 4.79 Å². The minimum Gasteiger partial charge on any atom is -0.444 e. The molecule has 210 valence electrons. The number of hydrogen-bond donors (Lipinski definition) is 1. The zero-order valence-corrected chi connectivity index (χ0v) is 23.6. The van der Waals surface area contributed by atoms with Gasteiger partial charge in [0, 0.05) is 42.1 Å². The number of nitrogens with zero attached hydrogens (tertiary/aromatic N) is 2. The number of hydrogen-bond acceptors (Lipinski definition) is 5. The molecule has 7 heteroatoms. The van der Waals surface area contributed by atoms with E-state index in [1.165, 1.54) is 0 Å². The molecule has 1 saturated heterocycles. The van der Waals surface area contributed by atoms with Crippen molar-refractivity contribution < 1.29 is 19.1 Å². The standard InChI is InChI=1S/C33H39N3O4/c1-33(2,3)40-32(39)35-21-22-11-13-24(14-12-22)31(38)36-19-17-27(23-8-5-4-6-9-23)29(36)30(37)26-15-16-28-25(20-26)10-7-18-34-28/h4-10,15-16,18,20,22,24,27,29H,11-14,17,19,21H2,1-3H3,(H,35,39)/t22?,24?,27-,29-/m1/s1. The molecule has 0 radical (unpaired) electrons. The van der Waals surface area contributed by atoms with Gasteiger partial charge in [-0.1, -0.05) is 36.4 Å². The summed E-state index contributed by atoms with van der Waals surface area (Å²) in [7, 11) is 0. The summed E-state index contributed by atoms with van der Waals surface area (Å²) in [5, 5.41) is 3.79. The van der Waals surface area contributed by atoms with Crippen molar-refractivity contribution in [2.24, 2.45) is 11.8 Å². The van der Waals surface area contributed by atoms with Crippen LogP contribution >= 0.6 is 0 Å². The number of ether oxygens (including phenoxy) is 1. The number of carbonyl (C=O) groups excluding carboxylic acids is 3. The van der Waals surface area contributed by atoms with Crippen LogP contribution in [0.2, 0.25) is 0 Å². The van der Waals surface area contributed by atoms with Gasteiger partial charge in [-0.3, -0.25) is 14.6 Å². The molecule has 5 rings (SSSR count). The highest BCUT2D eigenvalue weighted by Gasteiger charge is 2.44. The Morgan fingerprint density at radius 3 is 2.42 bits per heavy atom. The van der Waals surface area contributed by atoms with Gasteiger partial charge in [0.2, 0.25) is 5.91 Å². The fraction of sp³-hybridized carbons (Fsp3) is 0.455. The lowest BCUT2D eigenvalue weighted by molar-refractivity contribution is -0.137. The lowest BCUT2D eigenvalue weighted by Gasteiger charge is -2.34. The third kappa shape index (κ3) is 6.35. The van der Waals surface area contributed by atoms with Crippen molar-refractivity contribution in [2.45, 2.75) is 70.4 Å². The third-order valence-electron chi connectivity index (χ3n) is 8.19. The lowest BCUT2D eigenvalue weighted by atomic mass is 9.80. The molecule has 2 atom stereocenters. The summed E-state index contributed by atoms with van der Waals surface area (Å²) in [5.74, 6) is 0.231. The second-order valence-electron chi connectivity index (χ2n) is 12.2. The second-order valence-corrected chi connectivity index (χ2v) is 12.2. The lowest BCUT2D eigenvalue weighted by Crippen LogP contribution is -2.46.